The Hall–Kier alpha value is -2.29. The van der Waals surface area contributed by atoms with Crippen LogP contribution in [0.1, 0.15) is 32.6 Å². The lowest BCUT2D eigenvalue weighted by atomic mass is 10.1. The molecule has 1 saturated heterocycles. The number of guanidine groups is 1. The van der Waals surface area contributed by atoms with Crippen molar-refractivity contribution in [3.05, 3.63) is 0 Å². The number of likely N-dealkylation sites (tertiary alicyclic amines) is 1. The standard InChI is InChI=1S/C14H26N6O3.H2O4S/c1-9(15)13(23)20-7-3-5-11(20)12(22)19-10(8-21)4-2-6-18-14(16)17;1-5(2,3)4/h8-11H,2-7,15H2,1H3,(H,19,22)(H4,16,17,18);(H2,1,2,3,4)/t9-,10-,11-;/m0./s1. The topological polar surface area (TPSA) is 231 Å². The molecule has 1 aliphatic heterocycles. The molecule has 1 fully saturated rings. The second-order valence-electron chi connectivity index (χ2n) is 6.13. The summed E-state index contributed by atoms with van der Waals surface area (Å²) in [6, 6.07) is -1.83. The zero-order valence-corrected chi connectivity index (χ0v) is 16.3. The number of aliphatic imine (C=N–C) groups is 1. The van der Waals surface area contributed by atoms with E-state index in [1.54, 1.807) is 6.92 Å². The van der Waals surface area contributed by atoms with Gasteiger partial charge in [0.1, 0.15) is 12.3 Å². The average molecular weight is 424 g/mol. The van der Waals surface area contributed by atoms with Crippen molar-refractivity contribution in [3.63, 3.8) is 0 Å². The molecule has 162 valence electrons. The molecule has 28 heavy (non-hydrogen) atoms. The lowest BCUT2D eigenvalue weighted by molar-refractivity contribution is -0.139. The quantitative estimate of drug-likeness (QED) is 0.0782. The number of carbonyl (C=O) groups is 3. The highest BCUT2D eigenvalue weighted by Gasteiger charge is 2.35. The number of nitrogens with zero attached hydrogens (tertiary/aromatic N) is 2. The first kappa shape index (κ1) is 25.7. The van der Waals surface area contributed by atoms with Gasteiger partial charge in [-0.3, -0.25) is 23.7 Å². The van der Waals surface area contributed by atoms with Gasteiger partial charge in [-0.15, -0.1) is 0 Å². The van der Waals surface area contributed by atoms with E-state index in [1.165, 1.54) is 4.90 Å². The van der Waals surface area contributed by atoms with Gasteiger partial charge in [-0.05, 0) is 32.6 Å². The fourth-order valence-electron chi connectivity index (χ4n) is 2.54. The average Bonchev–Trinajstić information content (AvgIpc) is 3.04. The molecule has 0 saturated carbocycles. The van der Waals surface area contributed by atoms with Gasteiger partial charge in [0.2, 0.25) is 11.8 Å². The lowest BCUT2D eigenvalue weighted by Crippen LogP contribution is -2.52. The van der Waals surface area contributed by atoms with Crippen LogP contribution in [-0.2, 0) is 24.8 Å². The van der Waals surface area contributed by atoms with Gasteiger partial charge >= 0.3 is 10.4 Å². The van der Waals surface area contributed by atoms with Crippen LogP contribution >= 0.6 is 0 Å². The number of nitrogens with one attached hydrogen (secondary N) is 1. The molecule has 1 aliphatic rings. The van der Waals surface area contributed by atoms with Crippen LogP contribution < -0.4 is 22.5 Å². The first-order valence-electron chi connectivity index (χ1n) is 8.43. The van der Waals surface area contributed by atoms with E-state index in [0.29, 0.717) is 38.6 Å². The first-order chi connectivity index (χ1) is 12.9. The predicted octanol–water partition coefficient (Wildman–Crippen LogP) is -2.59. The summed E-state index contributed by atoms with van der Waals surface area (Å²) in [4.78, 5) is 40.7. The van der Waals surface area contributed by atoms with E-state index < -0.39 is 28.5 Å². The van der Waals surface area contributed by atoms with Gasteiger partial charge in [0.25, 0.3) is 0 Å². The SMILES string of the molecule is C[C@H](N)C(=O)N1CCC[C@H]1C(=O)N[C@H](C=O)CCCN=C(N)N.O=S(=O)(O)O. The molecule has 0 aromatic heterocycles. The summed E-state index contributed by atoms with van der Waals surface area (Å²) in [6.07, 6.45) is 2.99. The van der Waals surface area contributed by atoms with Crippen LogP contribution in [0.5, 0.6) is 0 Å². The van der Waals surface area contributed by atoms with E-state index in [2.05, 4.69) is 10.3 Å². The number of rotatable bonds is 8. The number of carbonyl (C=O) groups excluding carboxylic acids is 3. The zero-order valence-electron chi connectivity index (χ0n) is 15.5. The minimum Gasteiger partial charge on any atom is -0.370 e. The Morgan fingerprint density at radius 3 is 2.39 bits per heavy atom. The molecular weight excluding hydrogens is 396 g/mol. The van der Waals surface area contributed by atoms with Gasteiger partial charge in [-0.1, -0.05) is 0 Å². The van der Waals surface area contributed by atoms with Crippen molar-refractivity contribution in [1.82, 2.24) is 10.2 Å². The van der Waals surface area contributed by atoms with E-state index in [9.17, 15) is 14.4 Å². The third kappa shape index (κ3) is 11.4. The Morgan fingerprint density at radius 1 is 1.36 bits per heavy atom. The molecule has 0 spiro atoms. The van der Waals surface area contributed by atoms with Crippen LogP contribution in [0, 0.1) is 0 Å². The van der Waals surface area contributed by atoms with Crippen molar-refractivity contribution in [3.8, 4) is 0 Å². The molecule has 1 heterocycles. The fourth-order valence-corrected chi connectivity index (χ4v) is 2.54. The highest BCUT2D eigenvalue weighted by molar-refractivity contribution is 7.79. The maximum Gasteiger partial charge on any atom is 0.394 e. The normalized spacial score (nSPS) is 18.3. The van der Waals surface area contributed by atoms with Crippen LogP contribution in [0.15, 0.2) is 4.99 Å². The van der Waals surface area contributed by atoms with Crippen LogP contribution in [-0.4, -0.2) is 77.7 Å². The summed E-state index contributed by atoms with van der Waals surface area (Å²) >= 11 is 0. The Kier molecular flexibility index (Phi) is 11.2. The molecule has 0 radical (unpaired) electrons. The number of amides is 2. The predicted molar refractivity (Wildman–Crippen MR) is 100 cm³/mol. The van der Waals surface area contributed by atoms with E-state index in [1.807, 2.05) is 0 Å². The van der Waals surface area contributed by atoms with E-state index >= 15 is 0 Å². The number of hydrogen-bond donors (Lipinski definition) is 6. The molecule has 1 rings (SSSR count). The van der Waals surface area contributed by atoms with E-state index in [-0.39, 0.29) is 17.8 Å². The maximum absolute atomic E-state index is 12.3. The molecule has 0 bridgehead atoms. The van der Waals surface area contributed by atoms with Crippen molar-refractivity contribution in [2.45, 2.75) is 50.7 Å². The summed E-state index contributed by atoms with van der Waals surface area (Å²) in [5.41, 5.74) is 16.0. The number of hydrogen-bond acceptors (Lipinski definition) is 7. The highest BCUT2D eigenvalue weighted by Crippen LogP contribution is 2.18. The molecule has 2 amide bonds. The molecule has 13 nitrogen and oxygen atoms in total. The number of aldehydes is 1. The Balaban J connectivity index is 0.00000129. The Bertz CT molecular complexity index is 655. The van der Waals surface area contributed by atoms with Crippen LogP contribution in [0.3, 0.4) is 0 Å². The van der Waals surface area contributed by atoms with Gasteiger partial charge in [-0.25, -0.2) is 0 Å². The number of nitrogens with two attached hydrogens (primary N) is 3. The fraction of sp³-hybridized carbons (Fsp3) is 0.714. The summed E-state index contributed by atoms with van der Waals surface area (Å²) in [5, 5.41) is 2.67. The smallest absolute Gasteiger partial charge is 0.370 e. The monoisotopic (exact) mass is 424 g/mol. The van der Waals surface area contributed by atoms with Crippen molar-refractivity contribution in [1.29, 1.82) is 0 Å². The highest BCUT2D eigenvalue weighted by atomic mass is 32.3. The van der Waals surface area contributed by atoms with Gasteiger partial charge in [0.05, 0.1) is 12.1 Å². The zero-order chi connectivity index (χ0) is 21.9. The van der Waals surface area contributed by atoms with Crippen LogP contribution in [0.2, 0.25) is 0 Å². The largest absolute Gasteiger partial charge is 0.394 e. The summed E-state index contributed by atoms with van der Waals surface area (Å²) < 4.78 is 31.6. The minimum atomic E-state index is -4.67. The van der Waals surface area contributed by atoms with Gasteiger partial charge in [-0.2, -0.15) is 8.42 Å². The summed E-state index contributed by atoms with van der Waals surface area (Å²) in [7, 11) is -4.67. The van der Waals surface area contributed by atoms with Crippen LogP contribution in [0.4, 0.5) is 0 Å². The molecule has 0 unspecified atom stereocenters. The second-order valence-corrected chi connectivity index (χ2v) is 7.02. The van der Waals surface area contributed by atoms with Gasteiger partial charge in [0, 0.05) is 13.1 Å². The van der Waals surface area contributed by atoms with Crippen LogP contribution in [0.25, 0.3) is 0 Å². The molecular formula is C14H28N6O7S. The third-order valence-electron chi connectivity index (χ3n) is 3.69. The van der Waals surface area contributed by atoms with Gasteiger partial charge in [0.15, 0.2) is 5.96 Å². The molecule has 9 N–H and O–H groups in total. The molecule has 0 aromatic carbocycles. The van der Waals surface area contributed by atoms with Crippen molar-refractivity contribution < 1.29 is 31.9 Å². The first-order valence-corrected chi connectivity index (χ1v) is 9.83. The van der Waals surface area contributed by atoms with Crippen molar-refractivity contribution >= 4 is 34.5 Å². The van der Waals surface area contributed by atoms with E-state index in [4.69, 9.17) is 34.7 Å². The Morgan fingerprint density at radius 2 is 1.93 bits per heavy atom. The summed E-state index contributed by atoms with van der Waals surface area (Å²) in [5.74, 6) is -0.582. The van der Waals surface area contributed by atoms with Crippen molar-refractivity contribution in [2.24, 2.45) is 22.2 Å². The molecule has 14 heteroatoms. The molecule has 0 aromatic rings. The second kappa shape index (κ2) is 12.2. The maximum atomic E-state index is 12.3. The lowest BCUT2D eigenvalue weighted by Gasteiger charge is -2.26. The molecule has 0 aliphatic carbocycles. The third-order valence-corrected chi connectivity index (χ3v) is 3.69. The minimum absolute atomic E-state index is 0.00676. The Labute approximate surface area is 163 Å². The molecule has 3 atom stereocenters. The van der Waals surface area contributed by atoms with E-state index in [0.717, 1.165) is 6.42 Å². The van der Waals surface area contributed by atoms with Gasteiger partial charge < -0.3 is 32.2 Å². The summed E-state index contributed by atoms with van der Waals surface area (Å²) in [6.45, 7) is 2.49. The van der Waals surface area contributed by atoms with Crippen molar-refractivity contribution in [2.75, 3.05) is 13.1 Å².